The van der Waals surface area contributed by atoms with Crippen molar-refractivity contribution in [2.45, 2.75) is 31.7 Å². The second kappa shape index (κ2) is 7.14. The Labute approximate surface area is 118 Å². The molecule has 2 heterocycles. The van der Waals surface area contributed by atoms with E-state index in [1.54, 1.807) is 0 Å². The average molecular weight is 285 g/mol. The summed E-state index contributed by atoms with van der Waals surface area (Å²) in [5.74, 6) is 2.56. The van der Waals surface area contributed by atoms with E-state index in [1.807, 2.05) is 16.7 Å². The van der Waals surface area contributed by atoms with E-state index in [0.717, 1.165) is 44.0 Å². The van der Waals surface area contributed by atoms with Gasteiger partial charge >= 0.3 is 0 Å². The average Bonchev–Trinajstić information content (AvgIpc) is 2.40. The molecule has 0 bridgehead atoms. The highest BCUT2D eigenvalue weighted by molar-refractivity contribution is 7.99. The summed E-state index contributed by atoms with van der Waals surface area (Å²) in [5, 5.41) is 3.39. The highest BCUT2D eigenvalue weighted by atomic mass is 32.2. The van der Waals surface area contributed by atoms with Gasteiger partial charge in [0.1, 0.15) is 0 Å². The summed E-state index contributed by atoms with van der Waals surface area (Å²) in [5.41, 5.74) is 5.21. The highest BCUT2D eigenvalue weighted by Gasteiger charge is 2.26. The smallest absolute Gasteiger partial charge is 0.224 e. The first-order chi connectivity index (χ1) is 9.15. The molecule has 0 aromatic carbocycles. The fourth-order valence-corrected chi connectivity index (χ4v) is 3.71. The van der Waals surface area contributed by atoms with Gasteiger partial charge in [-0.05, 0) is 18.8 Å². The van der Waals surface area contributed by atoms with Crippen LogP contribution in [0.1, 0.15) is 25.7 Å². The lowest BCUT2D eigenvalue weighted by Crippen LogP contribution is -2.45. The lowest BCUT2D eigenvalue weighted by Gasteiger charge is -2.33. The SMILES string of the molecule is NC(=O)CC1CCN(C(=O)CC2CSCCN2)CC1. The molecule has 0 aromatic heterocycles. The number of nitrogens with two attached hydrogens (primary N) is 1. The van der Waals surface area contributed by atoms with Crippen molar-refractivity contribution in [3.8, 4) is 0 Å². The Bertz CT molecular complexity index is 324. The van der Waals surface area contributed by atoms with Gasteiger partial charge in [0.15, 0.2) is 0 Å². The van der Waals surface area contributed by atoms with Crippen molar-refractivity contribution in [2.75, 3.05) is 31.1 Å². The van der Waals surface area contributed by atoms with Crippen molar-refractivity contribution in [3.05, 3.63) is 0 Å². The Kier molecular flexibility index (Phi) is 5.51. The maximum absolute atomic E-state index is 12.2. The van der Waals surface area contributed by atoms with E-state index < -0.39 is 0 Å². The second-order valence-corrected chi connectivity index (χ2v) is 6.57. The number of thioether (sulfide) groups is 1. The van der Waals surface area contributed by atoms with Crippen LogP contribution >= 0.6 is 11.8 Å². The molecule has 19 heavy (non-hydrogen) atoms. The van der Waals surface area contributed by atoms with Crippen LogP contribution in [-0.2, 0) is 9.59 Å². The number of nitrogens with one attached hydrogen (secondary N) is 1. The molecule has 2 rings (SSSR count). The lowest BCUT2D eigenvalue weighted by molar-refractivity contribution is -0.133. The molecule has 1 atom stereocenters. The molecule has 3 N–H and O–H groups in total. The monoisotopic (exact) mass is 285 g/mol. The number of amides is 2. The lowest BCUT2D eigenvalue weighted by atomic mass is 9.93. The molecule has 2 saturated heterocycles. The minimum absolute atomic E-state index is 0.229. The molecular weight excluding hydrogens is 262 g/mol. The van der Waals surface area contributed by atoms with Crippen molar-refractivity contribution in [1.82, 2.24) is 10.2 Å². The van der Waals surface area contributed by atoms with E-state index in [2.05, 4.69) is 5.32 Å². The van der Waals surface area contributed by atoms with Crippen LogP contribution in [-0.4, -0.2) is 53.9 Å². The van der Waals surface area contributed by atoms with Crippen LogP contribution in [0.15, 0.2) is 0 Å². The largest absolute Gasteiger partial charge is 0.370 e. The topological polar surface area (TPSA) is 75.4 Å². The predicted octanol–water partition coefficient (Wildman–Crippen LogP) is 0.195. The van der Waals surface area contributed by atoms with Crippen LogP contribution in [0.5, 0.6) is 0 Å². The third-order valence-electron chi connectivity index (χ3n) is 3.88. The molecule has 2 aliphatic heterocycles. The van der Waals surface area contributed by atoms with Crippen LogP contribution in [0.25, 0.3) is 0 Å². The highest BCUT2D eigenvalue weighted by Crippen LogP contribution is 2.21. The summed E-state index contributed by atoms with van der Waals surface area (Å²) in [7, 11) is 0. The first kappa shape index (κ1) is 14.7. The Morgan fingerprint density at radius 1 is 1.26 bits per heavy atom. The van der Waals surface area contributed by atoms with Gasteiger partial charge in [-0.25, -0.2) is 0 Å². The number of carbonyl (C=O) groups is 2. The van der Waals surface area contributed by atoms with Gasteiger partial charge in [0, 0.05) is 50.0 Å². The molecule has 1 unspecified atom stereocenters. The van der Waals surface area contributed by atoms with Crippen LogP contribution in [0.2, 0.25) is 0 Å². The molecule has 108 valence electrons. The summed E-state index contributed by atoms with van der Waals surface area (Å²) in [6.45, 7) is 2.55. The van der Waals surface area contributed by atoms with Crippen LogP contribution < -0.4 is 11.1 Å². The Morgan fingerprint density at radius 2 is 2.00 bits per heavy atom. The number of piperidine rings is 1. The minimum Gasteiger partial charge on any atom is -0.370 e. The molecule has 0 saturated carbocycles. The van der Waals surface area contributed by atoms with E-state index in [0.29, 0.717) is 24.8 Å². The van der Waals surface area contributed by atoms with Crippen molar-refractivity contribution < 1.29 is 9.59 Å². The minimum atomic E-state index is -0.229. The molecular formula is C13H23N3O2S. The normalized spacial score (nSPS) is 25.3. The molecule has 2 amide bonds. The number of hydrogen-bond donors (Lipinski definition) is 2. The Balaban J connectivity index is 1.71. The van der Waals surface area contributed by atoms with Crippen LogP contribution in [0.4, 0.5) is 0 Å². The van der Waals surface area contributed by atoms with Crippen molar-refractivity contribution in [3.63, 3.8) is 0 Å². The zero-order chi connectivity index (χ0) is 13.7. The van der Waals surface area contributed by atoms with E-state index in [4.69, 9.17) is 5.73 Å². The maximum Gasteiger partial charge on any atom is 0.224 e. The fraction of sp³-hybridized carbons (Fsp3) is 0.846. The summed E-state index contributed by atoms with van der Waals surface area (Å²) in [6, 6.07) is 0.328. The molecule has 0 aliphatic carbocycles. The van der Waals surface area contributed by atoms with E-state index >= 15 is 0 Å². The quantitative estimate of drug-likeness (QED) is 0.773. The number of primary amides is 1. The van der Waals surface area contributed by atoms with Crippen molar-refractivity contribution >= 4 is 23.6 Å². The summed E-state index contributed by atoms with van der Waals surface area (Å²) in [6.07, 6.45) is 2.87. The first-order valence-electron chi connectivity index (χ1n) is 7.02. The molecule has 6 heteroatoms. The third-order valence-corrected chi connectivity index (χ3v) is 5.01. The second-order valence-electron chi connectivity index (χ2n) is 5.42. The van der Waals surface area contributed by atoms with Crippen LogP contribution in [0, 0.1) is 5.92 Å². The summed E-state index contributed by atoms with van der Waals surface area (Å²) in [4.78, 5) is 25.0. The van der Waals surface area contributed by atoms with E-state index in [-0.39, 0.29) is 11.8 Å². The van der Waals surface area contributed by atoms with E-state index in [1.165, 1.54) is 0 Å². The summed E-state index contributed by atoms with van der Waals surface area (Å²) < 4.78 is 0. The number of carbonyl (C=O) groups excluding carboxylic acids is 2. The number of nitrogens with zero attached hydrogens (tertiary/aromatic N) is 1. The van der Waals surface area contributed by atoms with Gasteiger partial charge in [-0.3, -0.25) is 9.59 Å². The van der Waals surface area contributed by atoms with Crippen LogP contribution in [0.3, 0.4) is 0 Å². The van der Waals surface area contributed by atoms with Gasteiger partial charge in [-0.2, -0.15) is 11.8 Å². The van der Waals surface area contributed by atoms with E-state index in [9.17, 15) is 9.59 Å². The van der Waals surface area contributed by atoms with Gasteiger partial charge in [0.2, 0.25) is 11.8 Å². The Morgan fingerprint density at radius 3 is 2.58 bits per heavy atom. The number of rotatable bonds is 4. The first-order valence-corrected chi connectivity index (χ1v) is 8.18. The number of likely N-dealkylation sites (tertiary alicyclic amines) is 1. The van der Waals surface area contributed by atoms with Gasteiger partial charge in [-0.1, -0.05) is 0 Å². The van der Waals surface area contributed by atoms with Gasteiger partial charge < -0.3 is 16.0 Å². The van der Waals surface area contributed by atoms with Crippen molar-refractivity contribution in [2.24, 2.45) is 11.7 Å². The van der Waals surface area contributed by atoms with Gasteiger partial charge in [0.05, 0.1) is 0 Å². The van der Waals surface area contributed by atoms with Crippen molar-refractivity contribution in [1.29, 1.82) is 0 Å². The molecule has 0 radical (unpaired) electrons. The van der Waals surface area contributed by atoms with Gasteiger partial charge in [0.25, 0.3) is 0 Å². The summed E-state index contributed by atoms with van der Waals surface area (Å²) >= 11 is 1.91. The predicted molar refractivity (Wildman–Crippen MR) is 76.8 cm³/mol. The molecule has 0 aromatic rings. The number of hydrogen-bond acceptors (Lipinski definition) is 4. The maximum atomic E-state index is 12.2. The molecule has 2 aliphatic rings. The zero-order valence-electron chi connectivity index (χ0n) is 11.3. The molecule has 2 fully saturated rings. The molecule has 5 nitrogen and oxygen atoms in total. The zero-order valence-corrected chi connectivity index (χ0v) is 12.1. The fourth-order valence-electron chi connectivity index (χ4n) is 2.76. The Hall–Kier alpha value is -0.750. The molecule has 0 spiro atoms. The third kappa shape index (κ3) is 4.69. The standard InChI is InChI=1S/C13H23N3O2S/c14-12(17)7-10-1-4-16(5-2-10)13(18)8-11-9-19-6-3-15-11/h10-11,15H,1-9H2,(H2,14,17). The van der Waals surface area contributed by atoms with Gasteiger partial charge in [-0.15, -0.1) is 0 Å².